The molecule has 0 aliphatic heterocycles. The molecule has 2 amide bonds. The molecule has 2 saturated carbocycles. The number of urea groups is 1. The Morgan fingerprint density at radius 1 is 1.17 bits per heavy atom. The van der Waals surface area contributed by atoms with Crippen molar-refractivity contribution in [1.82, 2.24) is 10.6 Å². The summed E-state index contributed by atoms with van der Waals surface area (Å²) in [6.07, 6.45) is 6.30. The molecule has 0 atom stereocenters. The van der Waals surface area contributed by atoms with E-state index >= 15 is 0 Å². The Morgan fingerprint density at radius 3 is 2.54 bits per heavy atom. The lowest BCUT2D eigenvalue weighted by atomic mass is 9.75. The van der Waals surface area contributed by atoms with Gasteiger partial charge in [-0.25, -0.2) is 13.6 Å². The number of hydrogen-bond acceptors (Lipinski definition) is 1. The van der Waals surface area contributed by atoms with E-state index in [1.54, 1.807) is 0 Å². The second-order valence-corrected chi connectivity index (χ2v) is 7.51. The van der Waals surface area contributed by atoms with Crippen LogP contribution in [0.25, 0.3) is 0 Å². The Labute approximate surface area is 142 Å². The molecule has 5 heteroatoms. The van der Waals surface area contributed by atoms with E-state index in [2.05, 4.69) is 17.6 Å². The van der Waals surface area contributed by atoms with Gasteiger partial charge in [-0.1, -0.05) is 25.8 Å². The highest BCUT2D eigenvalue weighted by molar-refractivity contribution is 5.74. The molecule has 1 aromatic rings. The lowest BCUT2D eigenvalue weighted by Gasteiger charge is -2.36. The molecular formula is C19H26F2N2O. The summed E-state index contributed by atoms with van der Waals surface area (Å²) in [5.41, 5.74) is 0.547. The molecule has 0 aromatic heterocycles. The van der Waals surface area contributed by atoms with Crippen LogP contribution in [-0.2, 0) is 0 Å². The van der Waals surface area contributed by atoms with Crippen molar-refractivity contribution in [3.63, 3.8) is 0 Å². The molecule has 2 aliphatic carbocycles. The van der Waals surface area contributed by atoms with Gasteiger partial charge < -0.3 is 10.6 Å². The molecule has 3 nitrogen and oxygen atoms in total. The minimum Gasteiger partial charge on any atom is -0.338 e. The average molecular weight is 336 g/mol. The smallest absolute Gasteiger partial charge is 0.315 e. The zero-order valence-electron chi connectivity index (χ0n) is 14.2. The minimum absolute atomic E-state index is 0.0655. The molecule has 0 unspecified atom stereocenters. The Kier molecular flexibility index (Phi) is 5.36. The first kappa shape index (κ1) is 17.2. The second-order valence-electron chi connectivity index (χ2n) is 7.51. The summed E-state index contributed by atoms with van der Waals surface area (Å²) in [5, 5.41) is 5.91. The predicted octanol–water partition coefficient (Wildman–Crippen LogP) is 4.34. The number of halogens is 2. The molecule has 0 radical (unpaired) electrons. The van der Waals surface area contributed by atoms with Crippen molar-refractivity contribution in [2.75, 3.05) is 6.54 Å². The summed E-state index contributed by atoms with van der Waals surface area (Å²) in [5.74, 6) is 0.426. The van der Waals surface area contributed by atoms with Gasteiger partial charge in [0.25, 0.3) is 0 Å². The molecular weight excluding hydrogens is 310 g/mol. The molecule has 0 heterocycles. The van der Waals surface area contributed by atoms with Crippen molar-refractivity contribution in [3.8, 4) is 0 Å². The monoisotopic (exact) mass is 336 g/mol. The molecule has 2 fully saturated rings. The fourth-order valence-electron chi connectivity index (χ4n) is 3.83. The number of hydrogen-bond donors (Lipinski definition) is 2. The van der Waals surface area contributed by atoms with Crippen molar-refractivity contribution in [3.05, 3.63) is 35.4 Å². The van der Waals surface area contributed by atoms with Gasteiger partial charge in [-0.15, -0.1) is 0 Å². The number of carbonyl (C=O) groups excluding carboxylic acids is 1. The highest BCUT2D eigenvalue weighted by Gasteiger charge is 2.33. The van der Waals surface area contributed by atoms with Crippen molar-refractivity contribution in [2.24, 2.45) is 11.8 Å². The maximum atomic E-state index is 13.7. The van der Waals surface area contributed by atoms with Crippen LogP contribution in [0.15, 0.2) is 18.2 Å². The van der Waals surface area contributed by atoms with Gasteiger partial charge in [0.1, 0.15) is 11.6 Å². The predicted molar refractivity (Wildman–Crippen MR) is 89.8 cm³/mol. The normalized spacial score (nSPS) is 29.6. The fraction of sp³-hybridized carbons (Fsp3) is 0.632. The van der Waals surface area contributed by atoms with Gasteiger partial charge in [0.05, 0.1) is 0 Å². The number of carbonyl (C=O) groups is 1. The largest absolute Gasteiger partial charge is 0.338 e. The molecule has 0 bridgehead atoms. The van der Waals surface area contributed by atoms with Gasteiger partial charge >= 0.3 is 6.03 Å². The van der Waals surface area contributed by atoms with Crippen LogP contribution in [0, 0.1) is 23.5 Å². The number of nitrogens with one attached hydrogen (secondary N) is 2. The zero-order valence-corrected chi connectivity index (χ0v) is 14.2. The maximum Gasteiger partial charge on any atom is 0.315 e. The van der Waals surface area contributed by atoms with Gasteiger partial charge in [-0.05, 0) is 55.1 Å². The molecule has 0 saturated heterocycles. The summed E-state index contributed by atoms with van der Waals surface area (Å²) < 4.78 is 26.7. The zero-order chi connectivity index (χ0) is 17.1. The molecule has 3 rings (SSSR count). The Balaban J connectivity index is 1.37. The second kappa shape index (κ2) is 7.49. The van der Waals surface area contributed by atoms with Gasteiger partial charge in [0, 0.05) is 18.7 Å². The highest BCUT2D eigenvalue weighted by atomic mass is 19.1. The summed E-state index contributed by atoms with van der Waals surface area (Å²) in [6.45, 7) is 3.02. The van der Waals surface area contributed by atoms with Gasteiger partial charge in [-0.3, -0.25) is 0 Å². The first-order chi connectivity index (χ1) is 11.5. The molecule has 132 valence electrons. The van der Waals surface area contributed by atoms with E-state index in [1.807, 2.05) is 0 Å². The van der Waals surface area contributed by atoms with Gasteiger partial charge in [0.15, 0.2) is 0 Å². The third kappa shape index (κ3) is 4.25. The van der Waals surface area contributed by atoms with Crippen molar-refractivity contribution < 1.29 is 13.6 Å². The third-order valence-electron chi connectivity index (χ3n) is 5.56. The Hall–Kier alpha value is -1.65. The lowest BCUT2D eigenvalue weighted by Crippen LogP contribution is -2.48. The van der Waals surface area contributed by atoms with E-state index in [9.17, 15) is 13.6 Å². The van der Waals surface area contributed by atoms with E-state index in [0.717, 1.165) is 18.5 Å². The van der Waals surface area contributed by atoms with Crippen molar-refractivity contribution in [1.29, 1.82) is 0 Å². The summed E-state index contributed by atoms with van der Waals surface area (Å²) >= 11 is 0. The van der Waals surface area contributed by atoms with Crippen LogP contribution in [-0.4, -0.2) is 18.6 Å². The van der Waals surface area contributed by atoms with Crippen molar-refractivity contribution in [2.45, 2.75) is 57.4 Å². The first-order valence-corrected chi connectivity index (χ1v) is 9.00. The summed E-state index contributed by atoms with van der Waals surface area (Å²) in [4.78, 5) is 12.0. The topological polar surface area (TPSA) is 41.1 Å². The Morgan fingerprint density at radius 2 is 1.88 bits per heavy atom. The van der Waals surface area contributed by atoms with Crippen LogP contribution in [0.5, 0.6) is 0 Å². The minimum atomic E-state index is -0.554. The van der Waals surface area contributed by atoms with Crippen LogP contribution >= 0.6 is 0 Å². The average Bonchev–Trinajstić information content (AvgIpc) is 2.51. The summed E-state index contributed by atoms with van der Waals surface area (Å²) in [6, 6.07) is 3.67. The quantitative estimate of drug-likeness (QED) is 0.844. The molecule has 0 spiro atoms. The standard InChI is InChI=1S/C19H26F2N2O/c1-12-2-4-13(5-3-12)11-22-19(24)23-16-8-14(9-16)17-7-6-15(20)10-18(17)21/h6-7,10,12-14,16H,2-5,8-9,11H2,1H3,(H2,22,23,24). The van der Waals surface area contributed by atoms with Crippen LogP contribution in [0.1, 0.15) is 56.9 Å². The molecule has 2 N–H and O–H groups in total. The van der Waals surface area contributed by atoms with E-state index in [-0.39, 0.29) is 18.0 Å². The van der Waals surface area contributed by atoms with E-state index in [4.69, 9.17) is 0 Å². The van der Waals surface area contributed by atoms with Crippen LogP contribution in [0.3, 0.4) is 0 Å². The van der Waals surface area contributed by atoms with Crippen LogP contribution in [0.2, 0.25) is 0 Å². The fourth-order valence-corrected chi connectivity index (χ4v) is 3.83. The molecule has 2 aliphatic rings. The number of benzene rings is 1. The number of rotatable bonds is 4. The highest BCUT2D eigenvalue weighted by Crippen LogP contribution is 2.38. The van der Waals surface area contributed by atoms with E-state index in [1.165, 1.54) is 37.8 Å². The molecule has 1 aromatic carbocycles. The maximum absolute atomic E-state index is 13.7. The van der Waals surface area contributed by atoms with Gasteiger partial charge in [0.2, 0.25) is 0 Å². The lowest BCUT2D eigenvalue weighted by molar-refractivity contribution is 0.216. The van der Waals surface area contributed by atoms with Crippen LogP contribution < -0.4 is 10.6 Å². The van der Waals surface area contributed by atoms with Crippen LogP contribution in [0.4, 0.5) is 13.6 Å². The molecule has 24 heavy (non-hydrogen) atoms. The van der Waals surface area contributed by atoms with Crippen molar-refractivity contribution >= 4 is 6.03 Å². The first-order valence-electron chi connectivity index (χ1n) is 9.00. The third-order valence-corrected chi connectivity index (χ3v) is 5.56. The SMILES string of the molecule is CC1CCC(CNC(=O)NC2CC(c3ccc(F)cc3F)C2)CC1. The van der Waals surface area contributed by atoms with E-state index in [0.29, 0.717) is 24.3 Å². The van der Waals surface area contributed by atoms with E-state index < -0.39 is 11.6 Å². The summed E-state index contributed by atoms with van der Waals surface area (Å²) in [7, 11) is 0. The number of amides is 2. The Bertz CT molecular complexity index is 579. The van der Waals surface area contributed by atoms with Gasteiger partial charge in [-0.2, -0.15) is 0 Å².